The van der Waals surface area contributed by atoms with Crippen molar-refractivity contribution in [1.82, 2.24) is 9.55 Å². The van der Waals surface area contributed by atoms with Crippen molar-refractivity contribution in [3.8, 4) is 16.9 Å². The van der Waals surface area contributed by atoms with Gasteiger partial charge < -0.3 is 9.47 Å². The van der Waals surface area contributed by atoms with E-state index in [4.69, 9.17) is 9.47 Å². The fourth-order valence-corrected chi connectivity index (χ4v) is 4.13. The fraction of sp³-hybridized carbons (Fsp3) is 0.174. The largest absolute Gasteiger partial charge is 0.497 e. The highest BCUT2D eigenvalue weighted by Gasteiger charge is 2.14. The first-order valence-electron chi connectivity index (χ1n) is 9.48. The average Bonchev–Trinajstić information content (AvgIpc) is 3.21. The molecule has 0 aliphatic heterocycles. The van der Waals surface area contributed by atoms with E-state index in [1.807, 2.05) is 41.8 Å². The molecule has 0 atom stereocenters. The van der Waals surface area contributed by atoms with Gasteiger partial charge in [-0.2, -0.15) is 0 Å². The van der Waals surface area contributed by atoms with Gasteiger partial charge in [0.25, 0.3) is 5.56 Å². The predicted molar refractivity (Wildman–Crippen MR) is 117 cm³/mol. The van der Waals surface area contributed by atoms with Crippen molar-refractivity contribution >= 4 is 27.5 Å². The Balaban J connectivity index is 1.66. The minimum absolute atomic E-state index is 0.0958. The van der Waals surface area contributed by atoms with Crippen LogP contribution in [0.1, 0.15) is 22.8 Å². The maximum Gasteiger partial charge on any atom is 0.338 e. The lowest BCUT2D eigenvalue weighted by molar-refractivity contribution is 0.0526. The van der Waals surface area contributed by atoms with Crippen molar-refractivity contribution in [1.29, 1.82) is 0 Å². The highest BCUT2D eigenvalue weighted by Crippen LogP contribution is 2.31. The quantitative estimate of drug-likeness (QED) is 0.434. The molecule has 0 aliphatic carbocycles. The summed E-state index contributed by atoms with van der Waals surface area (Å²) in [7, 11) is 1.62. The first-order chi connectivity index (χ1) is 14.6. The molecule has 0 spiro atoms. The molecule has 0 fully saturated rings. The fourth-order valence-electron chi connectivity index (χ4n) is 3.22. The summed E-state index contributed by atoms with van der Waals surface area (Å²) in [5.74, 6) is 0.409. The van der Waals surface area contributed by atoms with Gasteiger partial charge in [-0.3, -0.25) is 9.36 Å². The topological polar surface area (TPSA) is 70.4 Å². The van der Waals surface area contributed by atoms with Crippen LogP contribution in [0.5, 0.6) is 5.75 Å². The number of benzene rings is 2. The Bertz CT molecular complexity index is 1240. The number of hydrogen-bond acceptors (Lipinski definition) is 6. The molecule has 0 N–H and O–H groups in total. The Hall–Kier alpha value is -3.45. The molecule has 0 aliphatic rings. The van der Waals surface area contributed by atoms with Crippen LogP contribution in [0.3, 0.4) is 0 Å². The smallest absolute Gasteiger partial charge is 0.338 e. The number of hydrogen-bond donors (Lipinski definition) is 0. The first-order valence-corrected chi connectivity index (χ1v) is 10.4. The molecular weight excluding hydrogens is 400 g/mol. The molecule has 2 aromatic heterocycles. The minimum atomic E-state index is -0.355. The normalized spacial score (nSPS) is 10.9. The van der Waals surface area contributed by atoms with Crippen LogP contribution in [0, 0.1) is 0 Å². The summed E-state index contributed by atoms with van der Waals surface area (Å²) < 4.78 is 11.8. The summed E-state index contributed by atoms with van der Waals surface area (Å²) in [6.07, 6.45) is 1.57. The van der Waals surface area contributed by atoms with Gasteiger partial charge in [-0.1, -0.05) is 24.3 Å². The number of aromatic nitrogens is 2. The summed E-state index contributed by atoms with van der Waals surface area (Å²) in [5, 5.41) is 2.56. The molecule has 6 nitrogen and oxygen atoms in total. The first kappa shape index (κ1) is 19.8. The van der Waals surface area contributed by atoms with Gasteiger partial charge >= 0.3 is 5.97 Å². The third kappa shape index (κ3) is 3.84. The third-order valence-corrected chi connectivity index (χ3v) is 5.67. The van der Waals surface area contributed by atoms with Gasteiger partial charge in [0.05, 0.1) is 37.5 Å². The highest BCUT2D eigenvalue weighted by atomic mass is 32.1. The molecule has 0 amide bonds. The number of methoxy groups -OCH3 is 1. The van der Waals surface area contributed by atoms with Crippen LogP contribution < -0.4 is 10.3 Å². The van der Waals surface area contributed by atoms with E-state index in [0.29, 0.717) is 28.9 Å². The maximum absolute atomic E-state index is 13.2. The Kier molecular flexibility index (Phi) is 5.63. The lowest BCUT2D eigenvalue weighted by Crippen LogP contribution is -2.21. The molecule has 0 saturated heterocycles. The van der Waals surface area contributed by atoms with Crippen molar-refractivity contribution in [2.75, 3.05) is 13.7 Å². The molecule has 0 unspecified atom stereocenters. The van der Waals surface area contributed by atoms with E-state index in [2.05, 4.69) is 4.98 Å². The van der Waals surface area contributed by atoms with E-state index in [0.717, 1.165) is 22.4 Å². The zero-order chi connectivity index (χ0) is 21.1. The van der Waals surface area contributed by atoms with E-state index in [9.17, 15) is 9.59 Å². The van der Waals surface area contributed by atoms with Gasteiger partial charge in [-0.05, 0) is 42.3 Å². The van der Waals surface area contributed by atoms with E-state index in [-0.39, 0.29) is 11.5 Å². The van der Waals surface area contributed by atoms with Gasteiger partial charge in [0.1, 0.15) is 10.6 Å². The number of thiophene rings is 1. The molecule has 2 aromatic carbocycles. The van der Waals surface area contributed by atoms with E-state index < -0.39 is 0 Å². The second-order valence-corrected chi connectivity index (χ2v) is 7.51. The average molecular weight is 420 g/mol. The lowest BCUT2D eigenvalue weighted by Gasteiger charge is -2.08. The van der Waals surface area contributed by atoms with Gasteiger partial charge in [0.2, 0.25) is 0 Å². The predicted octanol–water partition coefficient (Wildman–Crippen LogP) is 4.36. The van der Waals surface area contributed by atoms with Crippen molar-refractivity contribution in [3.05, 3.63) is 81.7 Å². The van der Waals surface area contributed by atoms with Crippen LogP contribution in [0.2, 0.25) is 0 Å². The summed E-state index contributed by atoms with van der Waals surface area (Å²) in [4.78, 5) is 30.2. The lowest BCUT2D eigenvalue weighted by atomic mass is 10.1. The Labute approximate surface area is 177 Å². The van der Waals surface area contributed by atoms with Gasteiger partial charge in [-0.15, -0.1) is 11.3 Å². The number of nitrogens with zero attached hydrogens (tertiary/aromatic N) is 2. The molecule has 152 valence electrons. The molecule has 4 rings (SSSR count). The van der Waals surface area contributed by atoms with Crippen LogP contribution in [0.25, 0.3) is 21.3 Å². The molecular formula is C23H20N2O4S. The van der Waals surface area contributed by atoms with Gasteiger partial charge in [-0.25, -0.2) is 9.78 Å². The molecule has 7 heteroatoms. The minimum Gasteiger partial charge on any atom is -0.497 e. The van der Waals surface area contributed by atoms with Crippen LogP contribution >= 0.6 is 11.3 Å². The van der Waals surface area contributed by atoms with Crippen molar-refractivity contribution in [3.63, 3.8) is 0 Å². The number of rotatable bonds is 6. The third-order valence-electron chi connectivity index (χ3n) is 4.78. The number of fused-ring (bicyclic) bond motifs is 1. The molecule has 0 radical (unpaired) electrons. The Morgan fingerprint density at radius 3 is 2.50 bits per heavy atom. The SMILES string of the molecule is CCOC(=O)c1ccc(Cn2cnc3scc(-c4ccc(OC)cc4)c3c2=O)cc1. The number of carbonyl (C=O) groups excluding carboxylic acids is 1. The number of carbonyl (C=O) groups is 1. The Morgan fingerprint density at radius 2 is 1.83 bits per heavy atom. The zero-order valence-electron chi connectivity index (χ0n) is 16.6. The monoisotopic (exact) mass is 420 g/mol. The standard InChI is InChI=1S/C23H20N2O4S/c1-3-29-23(27)17-6-4-15(5-7-17)12-25-14-24-21-20(22(25)26)19(13-30-21)16-8-10-18(28-2)11-9-16/h4-11,13-14H,3,12H2,1-2H3. The summed E-state index contributed by atoms with van der Waals surface area (Å²) in [6, 6.07) is 14.7. The van der Waals surface area contributed by atoms with Crippen molar-refractivity contribution < 1.29 is 14.3 Å². The van der Waals surface area contributed by atoms with E-state index in [1.165, 1.54) is 11.3 Å². The molecule has 0 bridgehead atoms. The summed E-state index contributed by atoms with van der Waals surface area (Å²) >= 11 is 1.45. The molecule has 4 aromatic rings. The number of esters is 1. The summed E-state index contributed by atoms with van der Waals surface area (Å²) in [6.45, 7) is 2.47. The van der Waals surface area contributed by atoms with E-state index in [1.54, 1.807) is 37.1 Å². The molecule has 30 heavy (non-hydrogen) atoms. The van der Waals surface area contributed by atoms with Crippen LogP contribution in [0.15, 0.2) is 65.0 Å². The molecule has 0 saturated carbocycles. The maximum atomic E-state index is 13.2. The van der Waals surface area contributed by atoms with Crippen LogP contribution in [0.4, 0.5) is 0 Å². The van der Waals surface area contributed by atoms with Crippen molar-refractivity contribution in [2.45, 2.75) is 13.5 Å². The van der Waals surface area contributed by atoms with Gasteiger partial charge in [0.15, 0.2) is 0 Å². The van der Waals surface area contributed by atoms with E-state index >= 15 is 0 Å². The van der Waals surface area contributed by atoms with Crippen molar-refractivity contribution in [2.24, 2.45) is 0 Å². The van der Waals surface area contributed by atoms with Gasteiger partial charge in [0, 0.05) is 10.9 Å². The second kappa shape index (κ2) is 8.51. The highest BCUT2D eigenvalue weighted by molar-refractivity contribution is 7.17. The van der Waals surface area contributed by atoms with Crippen LogP contribution in [-0.2, 0) is 11.3 Å². The Morgan fingerprint density at radius 1 is 1.10 bits per heavy atom. The zero-order valence-corrected chi connectivity index (χ0v) is 17.4. The molecule has 2 heterocycles. The second-order valence-electron chi connectivity index (χ2n) is 6.65. The number of ether oxygens (including phenoxy) is 2. The summed E-state index contributed by atoms with van der Waals surface area (Å²) in [5.41, 5.74) is 3.09. The van der Waals surface area contributed by atoms with Crippen LogP contribution in [-0.4, -0.2) is 29.2 Å².